The highest BCUT2D eigenvalue weighted by molar-refractivity contribution is 6.34. The van der Waals surface area contributed by atoms with E-state index in [9.17, 15) is 9.90 Å². The SMILES string of the molecule is CC(C)C(C)(Cc1nc2c(Cl)cccc2[nH]1)C(=O)O. The number of H-pyrrole nitrogens is 1. The molecule has 2 aromatic rings. The van der Waals surface area contributed by atoms with Gasteiger partial charge in [0.1, 0.15) is 11.3 Å². The maximum Gasteiger partial charge on any atom is 0.310 e. The summed E-state index contributed by atoms with van der Waals surface area (Å²) in [6, 6.07) is 5.49. The van der Waals surface area contributed by atoms with Gasteiger partial charge in [-0.2, -0.15) is 0 Å². The van der Waals surface area contributed by atoms with Gasteiger partial charge in [-0.25, -0.2) is 4.98 Å². The van der Waals surface area contributed by atoms with E-state index in [1.807, 2.05) is 26.0 Å². The first-order valence-corrected chi connectivity index (χ1v) is 6.59. The number of rotatable bonds is 4. The minimum absolute atomic E-state index is 0.00804. The Balaban J connectivity index is 2.40. The second-order valence-corrected chi connectivity index (χ2v) is 5.78. The zero-order valence-corrected chi connectivity index (χ0v) is 12.0. The molecular weight excluding hydrogens is 264 g/mol. The van der Waals surface area contributed by atoms with Gasteiger partial charge in [0.15, 0.2) is 0 Å². The summed E-state index contributed by atoms with van der Waals surface area (Å²) in [5.41, 5.74) is 0.676. The highest BCUT2D eigenvalue weighted by Gasteiger charge is 2.37. The Bertz CT molecular complexity index is 621. The van der Waals surface area contributed by atoms with Crippen molar-refractivity contribution in [3.8, 4) is 0 Å². The lowest BCUT2D eigenvalue weighted by Crippen LogP contribution is -2.35. The lowest BCUT2D eigenvalue weighted by molar-refractivity contribution is -0.150. The maximum atomic E-state index is 11.5. The first-order chi connectivity index (χ1) is 8.84. The first-order valence-electron chi connectivity index (χ1n) is 6.21. The smallest absolute Gasteiger partial charge is 0.310 e. The van der Waals surface area contributed by atoms with E-state index in [0.29, 0.717) is 22.8 Å². The number of hydrogen-bond donors (Lipinski definition) is 2. The molecule has 5 heteroatoms. The van der Waals surface area contributed by atoms with Crippen LogP contribution in [0.2, 0.25) is 5.02 Å². The fraction of sp³-hybridized carbons (Fsp3) is 0.429. The Kier molecular flexibility index (Phi) is 3.54. The number of halogens is 1. The van der Waals surface area contributed by atoms with Gasteiger partial charge in [-0.3, -0.25) is 4.79 Å². The third-order valence-corrected chi connectivity index (χ3v) is 4.12. The van der Waals surface area contributed by atoms with E-state index in [1.165, 1.54) is 0 Å². The average molecular weight is 281 g/mol. The molecule has 4 nitrogen and oxygen atoms in total. The molecule has 0 amide bonds. The predicted molar refractivity (Wildman–Crippen MR) is 75.4 cm³/mol. The van der Waals surface area contributed by atoms with E-state index < -0.39 is 11.4 Å². The maximum absolute atomic E-state index is 11.5. The molecule has 1 unspecified atom stereocenters. The fourth-order valence-corrected chi connectivity index (χ4v) is 2.22. The lowest BCUT2D eigenvalue weighted by atomic mass is 9.76. The van der Waals surface area contributed by atoms with Crippen molar-refractivity contribution in [3.05, 3.63) is 29.0 Å². The van der Waals surface area contributed by atoms with Crippen molar-refractivity contribution in [1.82, 2.24) is 9.97 Å². The number of benzene rings is 1. The molecule has 0 bridgehead atoms. The van der Waals surface area contributed by atoms with Crippen molar-refractivity contribution in [3.63, 3.8) is 0 Å². The standard InChI is InChI=1S/C14H17ClN2O2/c1-8(2)14(3,13(18)19)7-11-16-10-6-4-5-9(15)12(10)17-11/h4-6,8H,7H2,1-3H3,(H,16,17)(H,18,19). The molecule has 0 aliphatic carbocycles. The van der Waals surface area contributed by atoms with Crippen LogP contribution in [0, 0.1) is 11.3 Å². The van der Waals surface area contributed by atoms with Crippen LogP contribution in [0.5, 0.6) is 0 Å². The molecule has 0 spiro atoms. The lowest BCUT2D eigenvalue weighted by Gasteiger charge is -2.27. The molecule has 0 radical (unpaired) electrons. The number of aromatic nitrogens is 2. The van der Waals surface area contributed by atoms with Crippen molar-refractivity contribution in [1.29, 1.82) is 0 Å². The Morgan fingerprint density at radius 2 is 2.21 bits per heavy atom. The molecule has 0 saturated heterocycles. The van der Waals surface area contributed by atoms with Crippen molar-refractivity contribution >= 4 is 28.6 Å². The van der Waals surface area contributed by atoms with Gasteiger partial charge < -0.3 is 10.1 Å². The van der Waals surface area contributed by atoms with Gasteiger partial charge >= 0.3 is 5.97 Å². The number of carboxylic acids is 1. The van der Waals surface area contributed by atoms with E-state index in [-0.39, 0.29) is 5.92 Å². The highest BCUT2D eigenvalue weighted by atomic mass is 35.5. The summed E-state index contributed by atoms with van der Waals surface area (Å²) >= 11 is 6.07. The Hall–Kier alpha value is -1.55. The van der Waals surface area contributed by atoms with Crippen LogP contribution in [0.25, 0.3) is 11.0 Å². The number of nitrogens with zero attached hydrogens (tertiary/aromatic N) is 1. The third kappa shape index (κ3) is 2.45. The fourth-order valence-electron chi connectivity index (χ4n) is 2.01. The predicted octanol–water partition coefficient (Wildman–Crippen LogP) is 3.51. The number of aliphatic carboxylic acids is 1. The summed E-state index contributed by atoms with van der Waals surface area (Å²) in [6.45, 7) is 5.56. The molecule has 2 N–H and O–H groups in total. The molecule has 0 saturated carbocycles. The summed E-state index contributed by atoms with van der Waals surface area (Å²) in [5, 5.41) is 10.00. The quantitative estimate of drug-likeness (QED) is 0.901. The van der Waals surface area contributed by atoms with E-state index in [0.717, 1.165) is 5.52 Å². The van der Waals surface area contributed by atoms with Crippen LogP contribution in [0.4, 0.5) is 0 Å². The molecule has 0 aliphatic heterocycles. The topological polar surface area (TPSA) is 66.0 Å². The molecular formula is C14H17ClN2O2. The zero-order valence-electron chi connectivity index (χ0n) is 11.2. The van der Waals surface area contributed by atoms with Crippen molar-refractivity contribution in [2.24, 2.45) is 11.3 Å². The van der Waals surface area contributed by atoms with Gasteiger partial charge in [0.25, 0.3) is 0 Å². The molecule has 102 valence electrons. The van der Waals surface area contributed by atoms with Crippen LogP contribution in [-0.2, 0) is 11.2 Å². The van der Waals surface area contributed by atoms with Crippen LogP contribution in [-0.4, -0.2) is 21.0 Å². The van der Waals surface area contributed by atoms with Gasteiger partial charge in [0.05, 0.1) is 16.0 Å². The van der Waals surface area contributed by atoms with Gasteiger partial charge in [-0.1, -0.05) is 31.5 Å². The second-order valence-electron chi connectivity index (χ2n) is 5.37. The van der Waals surface area contributed by atoms with Crippen LogP contribution in [0.3, 0.4) is 0 Å². The van der Waals surface area contributed by atoms with Gasteiger partial charge in [0.2, 0.25) is 0 Å². The minimum atomic E-state index is -0.847. The number of aromatic amines is 1. The number of carboxylic acid groups (broad SMARTS) is 1. The molecule has 19 heavy (non-hydrogen) atoms. The average Bonchev–Trinajstić information content (AvgIpc) is 2.72. The monoisotopic (exact) mass is 280 g/mol. The Morgan fingerprint density at radius 3 is 2.74 bits per heavy atom. The number of nitrogens with one attached hydrogen (secondary N) is 1. The van der Waals surface area contributed by atoms with Gasteiger partial charge in [-0.15, -0.1) is 0 Å². The molecule has 1 aromatic carbocycles. The molecule has 1 heterocycles. The summed E-state index contributed by atoms with van der Waals surface area (Å²) in [5.74, 6) is -0.149. The van der Waals surface area contributed by atoms with Gasteiger partial charge in [0, 0.05) is 6.42 Å². The van der Waals surface area contributed by atoms with Crippen LogP contribution < -0.4 is 0 Å². The number of para-hydroxylation sites is 1. The number of imidazole rings is 1. The van der Waals surface area contributed by atoms with Crippen LogP contribution in [0.1, 0.15) is 26.6 Å². The van der Waals surface area contributed by atoms with E-state index in [2.05, 4.69) is 9.97 Å². The summed E-state index contributed by atoms with van der Waals surface area (Å²) in [7, 11) is 0. The molecule has 0 aliphatic rings. The zero-order chi connectivity index (χ0) is 14.2. The molecule has 2 rings (SSSR count). The van der Waals surface area contributed by atoms with E-state index in [4.69, 9.17) is 11.6 Å². The second kappa shape index (κ2) is 4.85. The van der Waals surface area contributed by atoms with E-state index in [1.54, 1.807) is 13.0 Å². The summed E-state index contributed by atoms with van der Waals surface area (Å²) in [6.07, 6.45) is 0.352. The summed E-state index contributed by atoms with van der Waals surface area (Å²) < 4.78 is 0. The Labute approximate surface area is 116 Å². The van der Waals surface area contributed by atoms with E-state index >= 15 is 0 Å². The molecule has 0 fully saturated rings. The van der Waals surface area contributed by atoms with Crippen LogP contribution >= 0.6 is 11.6 Å². The third-order valence-electron chi connectivity index (χ3n) is 3.81. The van der Waals surface area contributed by atoms with Crippen molar-refractivity contribution in [2.45, 2.75) is 27.2 Å². The minimum Gasteiger partial charge on any atom is -0.481 e. The highest BCUT2D eigenvalue weighted by Crippen LogP contribution is 2.32. The summed E-state index contributed by atoms with van der Waals surface area (Å²) in [4.78, 5) is 19.0. The van der Waals surface area contributed by atoms with Crippen LogP contribution in [0.15, 0.2) is 18.2 Å². The number of fused-ring (bicyclic) bond motifs is 1. The van der Waals surface area contributed by atoms with Crippen molar-refractivity contribution < 1.29 is 9.90 Å². The largest absolute Gasteiger partial charge is 0.481 e. The number of hydrogen-bond acceptors (Lipinski definition) is 2. The first kappa shape index (κ1) is 13.9. The van der Waals surface area contributed by atoms with Gasteiger partial charge in [-0.05, 0) is 25.0 Å². The molecule has 1 atom stereocenters. The molecule has 1 aromatic heterocycles. The normalized spacial score (nSPS) is 14.8. The Morgan fingerprint density at radius 1 is 1.53 bits per heavy atom. The number of carbonyl (C=O) groups is 1. The van der Waals surface area contributed by atoms with Crippen molar-refractivity contribution in [2.75, 3.05) is 0 Å².